The summed E-state index contributed by atoms with van der Waals surface area (Å²) in [4.78, 5) is 31.9. The van der Waals surface area contributed by atoms with Crippen molar-refractivity contribution in [2.24, 2.45) is 11.5 Å². The van der Waals surface area contributed by atoms with Crippen LogP contribution in [0.25, 0.3) is 0 Å². The van der Waals surface area contributed by atoms with Gasteiger partial charge in [0.1, 0.15) is 0 Å². The van der Waals surface area contributed by atoms with Gasteiger partial charge in [-0.05, 0) is 19.3 Å². The van der Waals surface area contributed by atoms with Gasteiger partial charge >= 0.3 is 5.97 Å². The first-order valence-corrected chi connectivity index (χ1v) is 5.47. The molecule has 0 aliphatic rings. The van der Waals surface area contributed by atoms with Crippen molar-refractivity contribution in [2.45, 2.75) is 38.1 Å². The first-order valence-electron chi connectivity index (χ1n) is 5.47. The van der Waals surface area contributed by atoms with Crippen LogP contribution in [0.5, 0.6) is 0 Å². The third kappa shape index (κ3) is 9.31. The zero-order chi connectivity index (χ0) is 13.3. The number of amides is 2. The van der Waals surface area contributed by atoms with Crippen molar-refractivity contribution in [2.75, 3.05) is 6.54 Å². The van der Waals surface area contributed by atoms with Crippen molar-refractivity contribution >= 4 is 17.8 Å². The molecule has 0 bridgehead atoms. The first kappa shape index (κ1) is 15.4. The number of carboxylic acid groups (broad SMARTS) is 1. The van der Waals surface area contributed by atoms with Gasteiger partial charge in [0.15, 0.2) is 0 Å². The Bertz CT molecular complexity index is 281. The summed E-state index contributed by atoms with van der Waals surface area (Å²) in [5, 5.41) is 10.9. The molecule has 1 atom stereocenters. The second-order valence-electron chi connectivity index (χ2n) is 3.75. The Hall–Kier alpha value is -1.63. The summed E-state index contributed by atoms with van der Waals surface area (Å²) in [6.07, 6.45) is 1.66. The average Bonchev–Trinajstić information content (AvgIpc) is 2.25. The monoisotopic (exact) mass is 245 g/mol. The van der Waals surface area contributed by atoms with Crippen molar-refractivity contribution in [1.29, 1.82) is 0 Å². The van der Waals surface area contributed by atoms with E-state index in [1.807, 2.05) is 0 Å². The van der Waals surface area contributed by atoms with E-state index in [4.69, 9.17) is 16.6 Å². The van der Waals surface area contributed by atoms with Gasteiger partial charge in [0.25, 0.3) is 0 Å². The van der Waals surface area contributed by atoms with E-state index >= 15 is 0 Å². The van der Waals surface area contributed by atoms with Gasteiger partial charge in [-0.2, -0.15) is 0 Å². The Kier molecular flexibility index (Phi) is 7.70. The number of carbonyl (C=O) groups is 3. The highest BCUT2D eigenvalue weighted by Gasteiger charge is 2.08. The minimum atomic E-state index is -0.993. The molecule has 2 amide bonds. The normalized spacial score (nSPS) is 11.8. The van der Waals surface area contributed by atoms with Crippen LogP contribution in [0.15, 0.2) is 0 Å². The molecule has 7 heteroatoms. The fraction of sp³-hybridized carbons (Fsp3) is 0.700. The number of hydrogen-bond acceptors (Lipinski definition) is 4. The smallest absolute Gasteiger partial charge is 0.303 e. The number of nitrogens with two attached hydrogens (primary N) is 2. The van der Waals surface area contributed by atoms with Crippen LogP contribution in [0.4, 0.5) is 0 Å². The molecule has 0 aromatic rings. The van der Waals surface area contributed by atoms with Crippen LogP contribution in [0, 0.1) is 0 Å². The van der Waals surface area contributed by atoms with E-state index in [-0.39, 0.29) is 18.7 Å². The molecule has 0 aromatic heterocycles. The quantitative estimate of drug-likeness (QED) is 0.384. The number of carbonyl (C=O) groups excluding carboxylic acids is 2. The molecule has 0 heterocycles. The maximum atomic E-state index is 11.1. The van der Waals surface area contributed by atoms with Crippen LogP contribution in [-0.2, 0) is 14.4 Å². The maximum Gasteiger partial charge on any atom is 0.303 e. The first-order chi connectivity index (χ1) is 7.93. The summed E-state index contributed by atoms with van der Waals surface area (Å²) < 4.78 is 0. The molecule has 0 spiro atoms. The van der Waals surface area contributed by atoms with Gasteiger partial charge in [-0.3, -0.25) is 14.4 Å². The summed E-state index contributed by atoms with van der Waals surface area (Å²) in [7, 11) is 0. The molecular formula is C10H19N3O4. The van der Waals surface area contributed by atoms with Gasteiger partial charge < -0.3 is 21.9 Å². The van der Waals surface area contributed by atoms with Gasteiger partial charge in [-0.15, -0.1) is 0 Å². The summed E-state index contributed by atoms with van der Waals surface area (Å²) in [5.41, 5.74) is 10.4. The summed E-state index contributed by atoms with van der Waals surface area (Å²) in [6.45, 7) is 0.448. The zero-order valence-corrected chi connectivity index (χ0v) is 9.65. The van der Waals surface area contributed by atoms with E-state index in [2.05, 4.69) is 5.32 Å². The van der Waals surface area contributed by atoms with E-state index in [0.29, 0.717) is 25.8 Å². The number of primary amides is 1. The minimum Gasteiger partial charge on any atom is -0.481 e. The van der Waals surface area contributed by atoms with E-state index in [9.17, 15) is 14.4 Å². The van der Waals surface area contributed by atoms with Crippen molar-refractivity contribution in [3.05, 3.63) is 0 Å². The largest absolute Gasteiger partial charge is 0.481 e. The van der Waals surface area contributed by atoms with Crippen LogP contribution >= 0.6 is 0 Å². The molecule has 0 radical (unpaired) electrons. The second-order valence-corrected chi connectivity index (χ2v) is 3.75. The third-order valence-corrected chi connectivity index (χ3v) is 2.20. The molecule has 6 N–H and O–H groups in total. The van der Waals surface area contributed by atoms with E-state index in [0.717, 1.165) is 0 Å². The van der Waals surface area contributed by atoms with Gasteiger partial charge in [-0.1, -0.05) is 0 Å². The lowest BCUT2D eigenvalue weighted by Gasteiger charge is -2.07. The molecule has 0 unspecified atom stereocenters. The van der Waals surface area contributed by atoms with Crippen LogP contribution in [0.2, 0.25) is 0 Å². The zero-order valence-electron chi connectivity index (χ0n) is 9.65. The average molecular weight is 245 g/mol. The lowest BCUT2D eigenvalue weighted by atomic mass is 10.1. The lowest BCUT2D eigenvalue weighted by Crippen LogP contribution is -2.36. The highest BCUT2D eigenvalue weighted by molar-refractivity contribution is 5.80. The van der Waals surface area contributed by atoms with Crippen molar-refractivity contribution in [3.63, 3.8) is 0 Å². The Labute approximate surface area is 99.5 Å². The van der Waals surface area contributed by atoms with E-state index in [1.54, 1.807) is 0 Å². The van der Waals surface area contributed by atoms with Gasteiger partial charge in [0.2, 0.25) is 11.8 Å². The molecule has 0 aliphatic heterocycles. The van der Waals surface area contributed by atoms with Crippen LogP contribution in [0.1, 0.15) is 32.1 Å². The summed E-state index contributed by atoms with van der Waals surface area (Å²) in [5.74, 6) is -1.81. The van der Waals surface area contributed by atoms with E-state index < -0.39 is 17.9 Å². The number of unbranched alkanes of at least 4 members (excludes halogenated alkanes) is 1. The Balaban J connectivity index is 3.42. The second kappa shape index (κ2) is 8.51. The molecule has 0 aromatic carbocycles. The van der Waals surface area contributed by atoms with Crippen LogP contribution < -0.4 is 16.8 Å². The molecule has 0 aliphatic carbocycles. The molecule has 0 fully saturated rings. The lowest BCUT2D eigenvalue weighted by molar-refractivity contribution is -0.138. The molecule has 17 heavy (non-hydrogen) atoms. The number of nitrogens with one attached hydrogen (secondary N) is 1. The van der Waals surface area contributed by atoms with Crippen molar-refractivity contribution in [3.8, 4) is 0 Å². The molecule has 0 rings (SSSR count). The standard InChI is InChI=1S/C10H19N3O4/c11-7(10(12)17)3-1-2-6-13-8(14)4-5-9(15)16/h7H,1-6,11H2,(H2,12,17)(H,13,14)(H,15,16)/t7-/m0/s1. The molecular weight excluding hydrogens is 226 g/mol. The van der Waals surface area contributed by atoms with Crippen molar-refractivity contribution in [1.82, 2.24) is 5.32 Å². The predicted octanol–water partition coefficient (Wildman–Crippen LogP) is -1.05. The maximum absolute atomic E-state index is 11.1. The third-order valence-electron chi connectivity index (χ3n) is 2.20. The topological polar surface area (TPSA) is 136 Å². The predicted molar refractivity (Wildman–Crippen MR) is 60.9 cm³/mol. The number of hydrogen-bond donors (Lipinski definition) is 4. The Morgan fingerprint density at radius 3 is 2.35 bits per heavy atom. The minimum absolute atomic E-state index is 0.0177. The van der Waals surface area contributed by atoms with Gasteiger partial charge in [-0.25, -0.2) is 0 Å². The van der Waals surface area contributed by atoms with Gasteiger partial charge in [0, 0.05) is 13.0 Å². The van der Waals surface area contributed by atoms with Crippen molar-refractivity contribution < 1.29 is 19.5 Å². The number of aliphatic carboxylic acids is 1. The molecule has 0 saturated carbocycles. The number of rotatable bonds is 9. The van der Waals surface area contributed by atoms with Crippen LogP contribution in [0.3, 0.4) is 0 Å². The fourth-order valence-corrected chi connectivity index (χ4v) is 1.17. The van der Waals surface area contributed by atoms with Crippen LogP contribution in [-0.4, -0.2) is 35.5 Å². The van der Waals surface area contributed by atoms with E-state index in [1.165, 1.54) is 0 Å². The Morgan fingerprint density at radius 2 is 1.82 bits per heavy atom. The summed E-state index contributed by atoms with van der Waals surface area (Å²) in [6, 6.07) is -0.641. The SMILES string of the molecule is NC(=O)[C@@H](N)CCCCNC(=O)CCC(=O)O. The number of carboxylic acids is 1. The summed E-state index contributed by atoms with van der Waals surface area (Å²) >= 11 is 0. The molecule has 98 valence electrons. The van der Waals surface area contributed by atoms with Gasteiger partial charge in [0.05, 0.1) is 12.5 Å². The Morgan fingerprint density at radius 1 is 1.18 bits per heavy atom. The molecule has 0 saturated heterocycles. The highest BCUT2D eigenvalue weighted by atomic mass is 16.4. The highest BCUT2D eigenvalue weighted by Crippen LogP contribution is 1.98. The fourth-order valence-electron chi connectivity index (χ4n) is 1.17. The molecule has 7 nitrogen and oxygen atoms in total.